The molecule has 0 spiro atoms. The highest BCUT2D eigenvalue weighted by atomic mass is 16.3. The van der Waals surface area contributed by atoms with Crippen LogP contribution in [0.1, 0.15) is 12.5 Å². The van der Waals surface area contributed by atoms with E-state index in [4.69, 9.17) is 21.2 Å². The van der Waals surface area contributed by atoms with Gasteiger partial charge in [0.25, 0.3) is 0 Å². The summed E-state index contributed by atoms with van der Waals surface area (Å²) < 4.78 is 0. The molecule has 5 heteroatoms. The lowest BCUT2D eigenvalue weighted by atomic mass is 10.0. The summed E-state index contributed by atoms with van der Waals surface area (Å²) in [4.78, 5) is 0. The molecule has 0 bridgehead atoms. The molecule has 1 rings (SSSR count). The summed E-state index contributed by atoms with van der Waals surface area (Å²) in [6.45, 7) is 1.25. The summed E-state index contributed by atoms with van der Waals surface area (Å²) >= 11 is 0. The molecule has 0 fully saturated rings. The molecule has 16 heavy (non-hydrogen) atoms. The molecule has 0 aromatic heterocycles. The maximum absolute atomic E-state index is 9.12. The van der Waals surface area contributed by atoms with Crippen LogP contribution in [0.25, 0.3) is 0 Å². The van der Waals surface area contributed by atoms with Crippen molar-refractivity contribution in [3.05, 3.63) is 23.8 Å². The first kappa shape index (κ1) is 12.3. The van der Waals surface area contributed by atoms with Crippen LogP contribution in [0.4, 0.5) is 11.4 Å². The number of aliphatic hydroxyl groups excluding tert-OH is 2. The van der Waals surface area contributed by atoms with Crippen molar-refractivity contribution in [3.63, 3.8) is 0 Å². The highest BCUT2D eigenvalue weighted by molar-refractivity contribution is 5.62. The van der Waals surface area contributed by atoms with Gasteiger partial charge in [-0.15, -0.1) is 0 Å². The van der Waals surface area contributed by atoms with E-state index < -0.39 is 5.54 Å². The molecule has 1 aromatic rings. The zero-order valence-corrected chi connectivity index (χ0v) is 9.07. The number of benzene rings is 1. The minimum atomic E-state index is -0.817. The van der Waals surface area contributed by atoms with Gasteiger partial charge in [0.1, 0.15) is 6.07 Å². The van der Waals surface area contributed by atoms with Crippen molar-refractivity contribution in [3.8, 4) is 6.07 Å². The topological polar surface area (TPSA) is 102 Å². The van der Waals surface area contributed by atoms with Crippen LogP contribution in [0.5, 0.6) is 0 Å². The van der Waals surface area contributed by atoms with Gasteiger partial charge in [-0.3, -0.25) is 0 Å². The largest absolute Gasteiger partial charge is 0.398 e. The lowest BCUT2D eigenvalue weighted by Crippen LogP contribution is -2.42. The Morgan fingerprint density at radius 3 is 2.56 bits per heavy atom. The van der Waals surface area contributed by atoms with E-state index in [0.717, 1.165) is 0 Å². The first-order valence-corrected chi connectivity index (χ1v) is 4.84. The quantitative estimate of drug-likeness (QED) is 0.547. The predicted octanol–water partition coefficient (Wildman–Crippen LogP) is 0.296. The third kappa shape index (κ3) is 2.63. The third-order valence-corrected chi connectivity index (χ3v) is 2.32. The van der Waals surface area contributed by atoms with Gasteiger partial charge in [-0.25, -0.2) is 0 Å². The summed E-state index contributed by atoms with van der Waals surface area (Å²) in [5, 5.41) is 30.0. The molecule has 0 atom stereocenters. The van der Waals surface area contributed by atoms with Crippen molar-refractivity contribution < 1.29 is 10.2 Å². The monoisotopic (exact) mass is 221 g/mol. The first-order chi connectivity index (χ1) is 7.54. The van der Waals surface area contributed by atoms with Gasteiger partial charge in [0, 0.05) is 11.4 Å². The Morgan fingerprint density at radius 2 is 2.06 bits per heavy atom. The second-order valence-corrected chi connectivity index (χ2v) is 3.92. The Hall–Kier alpha value is -1.77. The summed E-state index contributed by atoms with van der Waals surface area (Å²) in [7, 11) is 0. The number of hydrogen-bond donors (Lipinski definition) is 4. The van der Waals surface area contributed by atoms with E-state index in [1.807, 2.05) is 6.07 Å². The SMILES string of the molecule is CC(CO)(CO)Nc1ccc(N)c(C#N)c1. The maximum atomic E-state index is 9.12. The number of nitrogens with one attached hydrogen (secondary N) is 1. The fraction of sp³-hybridized carbons (Fsp3) is 0.364. The van der Waals surface area contributed by atoms with E-state index in [1.165, 1.54) is 0 Å². The van der Waals surface area contributed by atoms with Gasteiger partial charge in [0.05, 0.1) is 24.3 Å². The number of nitrogen functional groups attached to an aromatic ring is 1. The van der Waals surface area contributed by atoms with Crippen molar-refractivity contribution in [1.29, 1.82) is 5.26 Å². The predicted molar refractivity (Wildman–Crippen MR) is 61.8 cm³/mol. The zero-order valence-electron chi connectivity index (χ0n) is 9.07. The molecular formula is C11H15N3O2. The average molecular weight is 221 g/mol. The molecule has 0 unspecified atom stereocenters. The Kier molecular flexibility index (Phi) is 3.72. The van der Waals surface area contributed by atoms with E-state index in [1.54, 1.807) is 25.1 Å². The molecule has 0 saturated heterocycles. The highest BCUT2D eigenvalue weighted by Gasteiger charge is 2.21. The van der Waals surface area contributed by atoms with Crippen LogP contribution in [0, 0.1) is 11.3 Å². The molecule has 0 amide bonds. The van der Waals surface area contributed by atoms with Gasteiger partial charge in [-0.2, -0.15) is 5.26 Å². The van der Waals surface area contributed by atoms with Gasteiger partial charge in [0.2, 0.25) is 0 Å². The van der Waals surface area contributed by atoms with E-state index >= 15 is 0 Å². The lowest BCUT2D eigenvalue weighted by molar-refractivity contribution is 0.147. The van der Waals surface area contributed by atoms with Gasteiger partial charge in [-0.05, 0) is 25.1 Å². The standard InChI is InChI=1S/C11H15N3O2/c1-11(6-15,7-16)14-9-2-3-10(13)8(4-9)5-12/h2-4,14-16H,6-7,13H2,1H3. The fourth-order valence-corrected chi connectivity index (χ4v) is 1.21. The molecule has 5 N–H and O–H groups in total. The number of rotatable bonds is 4. The van der Waals surface area contributed by atoms with Crippen molar-refractivity contribution in [2.24, 2.45) is 0 Å². The van der Waals surface area contributed by atoms with Crippen molar-refractivity contribution in [2.75, 3.05) is 24.3 Å². The van der Waals surface area contributed by atoms with Crippen LogP contribution in [0.15, 0.2) is 18.2 Å². The highest BCUT2D eigenvalue weighted by Crippen LogP contribution is 2.20. The van der Waals surface area contributed by atoms with E-state index in [9.17, 15) is 0 Å². The molecule has 5 nitrogen and oxygen atoms in total. The van der Waals surface area contributed by atoms with Crippen molar-refractivity contribution in [1.82, 2.24) is 0 Å². The summed E-state index contributed by atoms with van der Waals surface area (Å²) in [5.74, 6) is 0. The van der Waals surface area contributed by atoms with Gasteiger partial charge < -0.3 is 21.3 Å². The zero-order chi connectivity index (χ0) is 12.2. The van der Waals surface area contributed by atoms with Gasteiger partial charge in [-0.1, -0.05) is 0 Å². The second-order valence-electron chi connectivity index (χ2n) is 3.92. The summed E-state index contributed by atoms with van der Waals surface area (Å²) in [6.07, 6.45) is 0. The van der Waals surface area contributed by atoms with E-state index in [-0.39, 0.29) is 13.2 Å². The number of nitriles is 1. The minimum Gasteiger partial charge on any atom is -0.398 e. The minimum absolute atomic E-state index is 0.213. The van der Waals surface area contributed by atoms with E-state index in [2.05, 4.69) is 5.32 Å². The normalized spacial score (nSPS) is 10.9. The molecular weight excluding hydrogens is 206 g/mol. The number of aliphatic hydroxyl groups is 2. The molecule has 0 aliphatic rings. The Morgan fingerprint density at radius 1 is 1.44 bits per heavy atom. The molecule has 0 aliphatic heterocycles. The first-order valence-electron chi connectivity index (χ1n) is 4.84. The molecule has 0 saturated carbocycles. The number of hydrogen-bond acceptors (Lipinski definition) is 5. The lowest BCUT2D eigenvalue weighted by Gasteiger charge is -2.27. The third-order valence-electron chi connectivity index (χ3n) is 2.32. The Labute approximate surface area is 94.1 Å². The van der Waals surface area contributed by atoms with Crippen LogP contribution < -0.4 is 11.1 Å². The van der Waals surface area contributed by atoms with Crippen molar-refractivity contribution >= 4 is 11.4 Å². The molecule has 0 radical (unpaired) electrons. The van der Waals surface area contributed by atoms with Gasteiger partial charge >= 0.3 is 0 Å². The fourth-order valence-electron chi connectivity index (χ4n) is 1.21. The van der Waals surface area contributed by atoms with Crippen LogP contribution in [0.3, 0.4) is 0 Å². The van der Waals surface area contributed by atoms with E-state index in [0.29, 0.717) is 16.9 Å². The maximum Gasteiger partial charge on any atom is 0.101 e. The Balaban J connectivity index is 2.95. The van der Waals surface area contributed by atoms with Crippen LogP contribution in [-0.2, 0) is 0 Å². The Bertz CT molecular complexity index is 408. The number of anilines is 2. The molecule has 0 aliphatic carbocycles. The van der Waals surface area contributed by atoms with Crippen molar-refractivity contribution in [2.45, 2.75) is 12.5 Å². The van der Waals surface area contributed by atoms with Gasteiger partial charge in [0.15, 0.2) is 0 Å². The summed E-state index contributed by atoms with van der Waals surface area (Å²) in [6, 6.07) is 6.85. The van der Waals surface area contributed by atoms with Crippen LogP contribution >= 0.6 is 0 Å². The number of nitrogens with zero attached hydrogens (tertiary/aromatic N) is 1. The molecule has 86 valence electrons. The molecule has 0 heterocycles. The number of nitrogens with two attached hydrogens (primary N) is 1. The second kappa shape index (κ2) is 4.84. The summed E-state index contributed by atoms with van der Waals surface area (Å²) in [5.41, 5.74) is 6.17. The molecule has 1 aromatic carbocycles. The smallest absolute Gasteiger partial charge is 0.101 e. The van der Waals surface area contributed by atoms with Crippen LogP contribution in [-0.4, -0.2) is 29.0 Å². The average Bonchev–Trinajstić information content (AvgIpc) is 2.31. The van der Waals surface area contributed by atoms with Crippen LogP contribution in [0.2, 0.25) is 0 Å².